The van der Waals surface area contributed by atoms with Gasteiger partial charge in [-0.25, -0.2) is 59.8 Å². The summed E-state index contributed by atoms with van der Waals surface area (Å²) in [4.78, 5) is 56.4. The molecular weight excluding hydrogens is 953 g/mol. The van der Waals surface area contributed by atoms with Crippen LogP contribution in [0.15, 0.2) is 93.3 Å². The number of hydrogen-bond acceptors (Lipinski definition) is 14. The molecule has 0 bridgehead atoms. The Bertz CT molecular complexity index is 2840. The first-order valence-corrected chi connectivity index (χ1v) is 26.2. The molecule has 14 nitrogen and oxygen atoms in total. The van der Waals surface area contributed by atoms with E-state index in [-0.39, 0.29) is 10.8 Å². The molecule has 8 rings (SSSR count). The molecule has 77 heavy (non-hydrogen) atoms. The standard InChI is InChI=1S/2C10H15N.C9H14N2.2C8H12N2.C7H10N2.C6H8N2.C5H6N2/c1-8-7-11-6-5-9(8)10(2,3)4;1-8-5-6-11-7-9(8)10(2,3)4;1-6(2)9-7(3)8(4)10-5-11-9;1-6(2)8-7(3)4-9-5-10-8;1-5-6(2)9-8(4)10-7(5)3;1-5-6(2)8-4-9-7(5)3;1-5-3-7-4-8-6(5)2;1-5-2-6-4-7-3-5/h2*5-7H,1-4H3;5-6H,1-4H3;4-6H,1-3H3;1-4H3;4H,1-3H3;3-4H,1-2H3;2-4H,1H3. The fourth-order valence-electron chi connectivity index (χ4n) is 7.15. The molecule has 0 aliphatic rings. The Morgan fingerprint density at radius 3 is 1.08 bits per heavy atom. The first-order chi connectivity index (χ1) is 35.9. The molecule has 0 amide bonds. The molecule has 0 fully saturated rings. The first-order valence-electron chi connectivity index (χ1n) is 26.2. The van der Waals surface area contributed by atoms with Gasteiger partial charge in [0.15, 0.2) is 0 Å². The second-order valence-corrected chi connectivity index (χ2v) is 21.7. The predicted octanol–water partition coefficient (Wildman–Crippen LogP) is 14.5. The maximum atomic E-state index is 4.23. The van der Waals surface area contributed by atoms with Crippen molar-refractivity contribution in [2.75, 3.05) is 0 Å². The Balaban J connectivity index is 0.000000442. The molecule has 0 atom stereocenters. The second-order valence-electron chi connectivity index (χ2n) is 21.7. The molecule has 0 unspecified atom stereocenters. The van der Waals surface area contributed by atoms with Crippen LogP contribution >= 0.6 is 0 Å². The number of aryl methyl sites for hydroxylation is 12. The van der Waals surface area contributed by atoms with Crippen molar-refractivity contribution in [1.82, 2.24) is 69.8 Å². The van der Waals surface area contributed by atoms with E-state index >= 15 is 0 Å². The predicted molar refractivity (Wildman–Crippen MR) is 317 cm³/mol. The summed E-state index contributed by atoms with van der Waals surface area (Å²) in [5.41, 5.74) is 21.6. The van der Waals surface area contributed by atoms with Crippen LogP contribution in [0.25, 0.3) is 0 Å². The van der Waals surface area contributed by atoms with Gasteiger partial charge in [0.05, 0.1) is 0 Å². The maximum absolute atomic E-state index is 4.23. The quantitative estimate of drug-likeness (QED) is 0.159. The number of aromatic nitrogens is 14. The Hall–Kier alpha value is -7.22. The highest BCUT2D eigenvalue weighted by molar-refractivity contribution is 5.29. The van der Waals surface area contributed by atoms with Gasteiger partial charge >= 0.3 is 0 Å². The Labute approximate surface area is 464 Å². The van der Waals surface area contributed by atoms with Gasteiger partial charge in [0.1, 0.15) is 37.5 Å². The van der Waals surface area contributed by atoms with Crippen LogP contribution in [0.5, 0.6) is 0 Å². The lowest BCUT2D eigenvalue weighted by atomic mass is 9.85. The van der Waals surface area contributed by atoms with E-state index in [2.05, 4.69) is 172 Å². The summed E-state index contributed by atoms with van der Waals surface area (Å²) in [5.74, 6) is 1.86. The topological polar surface area (TPSA) is 180 Å². The van der Waals surface area contributed by atoms with Crippen molar-refractivity contribution < 1.29 is 0 Å². The zero-order valence-electron chi connectivity index (χ0n) is 51.6. The van der Waals surface area contributed by atoms with Crippen molar-refractivity contribution in [1.29, 1.82) is 0 Å². The van der Waals surface area contributed by atoms with Crippen molar-refractivity contribution in [3.63, 3.8) is 0 Å². The van der Waals surface area contributed by atoms with E-state index in [4.69, 9.17) is 0 Å². The van der Waals surface area contributed by atoms with Crippen molar-refractivity contribution in [3.8, 4) is 0 Å². The van der Waals surface area contributed by atoms with Crippen LogP contribution in [0, 0.1) is 104 Å². The largest absolute Gasteiger partial charge is 0.264 e. The molecule has 0 aliphatic carbocycles. The molecule has 0 spiro atoms. The number of rotatable bonds is 2. The molecule has 8 heterocycles. The molecule has 8 aromatic heterocycles. The van der Waals surface area contributed by atoms with E-state index in [1.807, 2.05) is 120 Å². The minimum absolute atomic E-state index is 0.221. The van der Waals surface area contributed by atoms with E-state index in [1.54, 1.807) is 37.7 Å². The van der Waals surface area contributed by atoms with Crippen LogP contribution in [0.3, 0.4) is 0 Å². The molecule has 14 heteroatoms. The second kappa shape index (κ2) is 33.7. The maximum Gasteiger partial charge on any atom is 0.125 e. The first kappa shape index (κ1) is 67.8. The molecular formula is C63H92N14. The van der Waals surface area contributed by atoms with Crippen LogP contribution in [0.2, 0.25) is 0 Å². The molecule has 8 aromatic rings. The van der Waals surface area contributed by atoms with E-state index in [9.17, 15) is 0 Å². The van der Waals surface area contributed by atoms with Crippen LogP contribution in [0.4, 0.5) is 0 Å². The molecule has 0 aromatic carbocycles. The van der Waals surface area contributed by atoms with Crippen molar-refractivity contribution >= 4 is 0 Å². The summed E-state index contributed by atoms with van der Waals surface area (Å²) in [6, 6.07) is 4.15. The zero-order valence-corrected chi connectivity index (χ0v) is 51.6. The van der Waals surface area contributed by atoms with Crippen molar-refractivity contribution in [2.24, 2.45) is 0 Å². The van der Waals surface area contributed by atoms with E-state index in [1.165, 1.54) is 50.8 Å². The summed E-state index contributed by atoms with van der Waals surface area (Å²) < 4.78 is 0. The summed E-state index contributed by atoms with van der Waals surface area (Å²) in [5, 5.41) is 0. The molecule has 0 aliphatic heterocycles. The summed E-state index contributed by atoms with van der Waals surface area (Å²) >= 11 is 0. The van der Waals surface area contributed by atoms with Gasteiger partial charge in [-0.15, -0.1) is 0 Å². The highest BCUT2D eigenvalue weighted by Crippen LogP contribution is 2.25. The zero-order chi connectivity index (χ0) is 58.6. The third-order valence-corrected chi connectivity index (χ3v) is 12.3. The van der Waals surface area contributed by atoms with Gasteiger partial charge in [-0.1, -0.05) is 69.2 Å². The van der Waals surface area contributed by atoms with Crippen LogP contribution < -0.4 is 0 Å². The van der Waals surface area contributed by atoms with Gasteiger partial charge in [0.25, 0.3) is 0 Å². The van der Waals surface area contributed by atoms with E-state index < -0.39 is 0 Å². The molecule has 0 saturated carbocycles. The van der Waals surface area contributed by atoms with Gasteiger partial charge in [0.2, 0.25) is 0 Å². The number of hydrogen-bond donors (Lipinski definition) is 0. The SMILES string of the molecule is Cc1ccncc1C(C)(C)C.Cc1cnccc1C(C)(C)C.Cc1cncnc1.Cc1cncnc1C.Cc1cncnc1C(C)C.Cc1nc(C)c(C)c(C)n1.Cc1ncnc(C(C)C)c1C.Cc1ncnc(C)c1C. The van der Waals surface area contributed by atoms with Crippen molar-refractivity contribution in [3.05, 3.63) is 200 Å². The van der Waals surface area contributed by atoms with E-state index in [0.29, 0.717) is 11.8 Å². The smallest absolute Gasteiger partial charge is 0.125 e. The lowest BCUT2D eigenvalue weighted by Crippen LogP contribution is -2.13. The minimum atomic E-state index is 0.221. The molecule has 0 N–H and O–H groups in total. The Morgan fingerprint density at radius 2 is 0.727 bits per heavy atom. The Kier molecular flexibility index (Phi) is 29.7. The molecule has 0 radical (unpaired) electrons. The highest BCUT2D eigenvalue weighted by Gasteiger charge is 2.16. The van der Waals surface area contributed by atoms with Crippen LogP contribution in [-0.2, 0) is 10.8 Å². The highest BCUT2D eigenvalue weighted by atomic mass is 14.9. The van der Waals surface area contributed by atoms with E-state index in [0.717, 1.165) is 62.5 Å². The average molecular weight is 1050 g/mol. The lowest BCUT2D eigenvalue weighted by molar-refractivity contribution is 0.583. The fourth-order valence-corrected chi connectivity index (χ4v) is 7.15. The fraction of sp³-hybridized carbons (Fsp3) is 0.460. The minimum Gasteiger partial charge on any atom is -0.264 e. The monoisotopic (exact) mass is 1040 g/mol. The third-order valence-electron chi connectivity index (χ3n) is 12.3. The molecule has 414 valence electrons. The van der Waals surface area contributed by atoms with Gasteiger partial charge < -0.3 is 0 Å². The normalized spacial score (nSPS) is 10.4. The summed E-state index contributed by atoms with van der Waals surface area (Å²) in [6.07, 6.45) is 22.7. The van der Waals surface area contributed by atoms with Gasteiger partial charge in [0, 0.05) is 95.1 Å². The van der Waals surface area contributed by atoms with Gasteiger partial charge in [-0.3, -0.25) is 9.97 Å². The average Bonchev–Trinajstić information content (AvgIpc) is 3.35. The van der Waals surface area contributed by atoms with Crippen LogP contribution in [-0.4, -0.2) is 69.8 Å². The van der Waals surface area contributed by atoms with Gasteiger partial charge in [-0.2, -0.15) is 0 Å². The van der Waals surface area contributed by atoms with Crippen LogP contribution in [0.1, 0.15) is 188 Å². The lowest BCUT2D eigenvalue weighted by Gasteiger charge is -2.20. The van der Waals surface area contributed by atoms with Gasteiger partial charge in [-0.05, 0) is 194 Å². The van der Waals surface area contributed by atoms with Crippen molar-refractivity contribution in [2.45, 2.75) is 196 Å². The molecule has 0 saturated heterocycles. The summed E-state index contributed by atoms with van der Waals surface area (Å²) in [7, 11) is 0. The number of pyridine rings is 2. The third kappa shape index (κ3) is 25.9. The summed E-state index contributed by atoms with van der Waals surface area (Å²) in [6.45, 7) is 52.1. The number of nitrogens with zero attached hydrogens (tertiary/aromatic N) is 14. The Morgan fingerprint density at radius 1 is 0.325 bits per heavy atom.